The lowest BCUT2D eigenvalue weighted by Crippen LogP contribution is -2.25. The summed E-state index contributed by atoms with van der Waals surface area (Å²) in [5.74, 6) is 0.876. The molecule has 0 spiro atoms. The number of carbonyl (C=O) groups excluding carboxylic acids is 1. The molecule has 2 aromatic carbocycles. The van der Waals surface area contributed by atoms with Crippen molar-refractivity contribution in [2.75, 3.05) is 12.1 Å². The number of H-pyrrole nitrogens is 2. The molecule has 176 valence electrons. The fraction of sp³-hybridized carbons (Fsp3) is 0.0870. The Morgan fingerprint density at radius 2 is 1.91 bits per heavy atom. The number of benzene rings is 2. The molecule has 0 radical (unpaired) electrons. The van der Waals surface area contributed by atoms with Gasteiger partial charge in [-0.2, -0.15) is 0 Å². The van der Waals surface area contributed by atoms with Crippen molar-refractivity contribution >= 4 is 40.3 Å². The maximum Gasteiger partial charge on any atom is 0.357 e. The number of para-hydroxylation sites is 1. The highest BCUT2D eigenvalue weighted by molar-refractivity contribution is 5.95. The van der Waals surface area contributed by atoms with Crippen molar-refractivity contribution in [3.63, 3.8) is 0 Å². The minimum absolute atomic E-state index is 0.00915. The predicted molar refractivity (Wildman–Crippen MR) is 126 cm³/mol. The Bertz CT molecular complexity index is 1630. The molecule has 0 saturated heterocycles. The molecule has 0 saturated carbocycles. The van der Waals surface area contributed by atoms with Gasteiger partial charge in [0.1, 0.15) is 12.2 Å². The Hall–Kier alpha value is -5.13. The van der Waals surface area contributed by atoms with E-state index in [4.69, 9.17) is 9.47 Å². The number of hydrogen-bond donors (Lipinski definition) is 3. The minimum atomic E-state index is -1.10. The third-order valence-corrected chi connectivity index (χ3v) is 5.35. The van der Waals surface area contributed by atoms with Gasteiger partial charge in [0.2, 0.25) is 12.7 Å². The van der Waals surface area contributed by atoms with Crippen LogP contribution in [-0.2, 0) is 11.3 Å². The summed E-state index contributed by atoms with van der Waals surface area (Å²) in [5, 5.41) is 14.9. The number of ether oxygens (including phenoxy) is 2. The minimum Gasteiger partial charge on any atom is -0.454 e. The molecule has 3 heterocycles. The van der Waals surface area contributed by atoms with Gasteiger partial charge in [0.25, 0.3) is 0 Å². The van der Waals surface area contributed by atoms with Crippen molar-refractivity contribution in [3.8, 4) is 11.5 Å². The van der Waals surface area contributed by atoms with Gasteiger partial charge in [-0.3, -0.25) is 24.7 Å². The molecule has 0 bridgehead atoms. The first-order valence-electron chi connectivity index (χ1n) is 10.4. The van der Waals surface area contributed by atoms with E-state index in [2.05, 4.69) is 10.3 Å². The van der Waals surface area contributed by atoms with Crippen molar-refractivity contribution in [3.05, 3.63) is 90.9 Å². The highest BCUT2D eigenvalue weighted by Crippen LogP contribution is 2.34. The van der Waals surface area contributed by atoms with Crippen molar-refractivity contribution in [1.29, 1.82) is 0 Å². The van der Waals surface area contributed by atoms with E-state index in [1.165, 1.54) is 12.2 Å². The molecular formula is C23H17N5O7. The van der Waals surface area contributed by atoms with Crippen LogP contribution in [0.2, 0.25) is 0 Å². The van der Waals surface area contributed by atoms with Crippen molar-refractivity contribution in [2.24, 2.45) is 0 Å². The molecule has 4 aromatic rings. The van der Waals surface area contributed by atoms with Gasteiger partial charge in [0.05, 0.1) is 4.92 Å². The molecule has 5 rings (SSSR count). The second kappa shape index (κ2) is 8.67. The molecule has 0 atom stereocenters. The summed E-state index contributed by atoms with van der Waals surface area (Å²) >= 11 is 0. The predicted octanol–water partition coefficient (Wildman–Crippen LogP) is 2.46. The van der Waals surface area contributed by atoms with Gasteiger partial charge < -0.3 is 24.3 Å². The summed E-state index contributed by atoms with van der Waals surface area (Å²) in [6.45, 7) is 0.123. The SMILES string of the molecule is O=C(Cn1cc(C=Cc2[nH]c(=O)[nH]c(=O)c2[N+](=O)[O-])c2ccccc21)Nc1ccc2c(c1)OCO2. The average Bonchev–Trinajstić information content (AvgIpc) is 3.41. The lowest BCUT2D eigenvalue weighted by atomic mass is 10.1. The van der Waals surface area contributed by atoms with Crippen LogP contribution >= 0.6 is 0 Å². The zero-order valence-corrected chi connectivity index (χ0v) is 17.9. The van der Waals surface area contributed by atoms with Gasteiger partial charge in [-0.15, -0.1) is 0 Å². The Labute approximate surface area is 195 Å². The summed E-state index contributed by atoms with van der Waals surface area (Å²) < 4.78 is 12.3. The first kappa shape index (κ1) is 21.7. The molecule has 2 aromatic heterocycles. The van der Waals surface area contributed by atoms with Gasteiger partial charge in [-0.1, -0.05) is 24.3 Å². The molecule has 1 aliphatic rings. The molecule has 1 aliphatic heterocycles. The quantitative estimate of drug-likeness (QED) is 0.285. The van der Waals surface area contributed by atoms with Crippen molar-refractivity contribution in [1.82, 2.24) is 14.5 Å². The number of nitrogens with one attached hydrogen (secondary N) is 3. The van der Waals surface area contributed by atoms with Crippen LogP contribution in [0, 0.1) is 10.1 Å². The average molecular weight is 475 g/mol. The lowest BCUT2D eigenvalue weighted by molar-refractivity contribution is -0.386. The van der Waals surface area contributed by atoms with E-state index >= 15 is 0 Å². The number of fused-ring (bicyclic) bond motifs is 2. The Kier molecular flexibility index (Phi) is 5.37. The zero-order chi connectivity index (χ0) is 24.5. The van der Waals surface area contributed by atoms with Crippen LogP contribution in [-0.4, -0.2) is 32.2 Å². The van der Waals surface area contributed by atoms with E-state index in [0.29, 0.717) is 22.7 Å². The number of carbonyl (C=O) groups is 1. The number of rotatable bonds is 6. The summed E-state index contributed by atoms with van der Waals surface area (Å²) in [6, 6.07) is 12.4. The van der Waals surface area contributed by atoms with Gasteiger partial charge >= 0.3 is 16.9 Å². The zero-order valence-electron chi connectivity index (χ0n) is 17.9. The number of nitro groups is 1. The molecule has 0 fully saturated rings. The lowest BCUT2D eigenvalue weighted by Gasteiger charge is -2.08. The van der Waals surface area contributed by atoms with E-state index in [9.17, 15) is 24.5 Å². The van der Waals surface area contributed by atoms with Crippen LogP contribution < -0.4 is 26.0 Å². The summed E-state index contributed by atoms with van der Waals surface area (Å²) in [5.41, 5.74) is -1.02. The smallest absolute Gasteiger partial charge is 0.357 e. The number of anilines is 1. The highest BCUT2D eigenvalue weighted by Gasteiger charge is 2.19. The molecule has 12 heteroatoms. The summed E-state index contributed by atoms with van der Waals surface area (Å²) in [7, 11) is 0. The normalized spacial score (nSPS) is 12.3. The first-order chi connectivity index (χ1) is 16.9. The monoisotopic (exact) mass is 475 g/mol. The number of aromatic amines is 2. The fourth-order valence-electron chi connectivity index (χ4n) is 3.84. The van der Waals surface area contributed by atoms with Crippen LogP contribution in [0.4, 0.5) is 11.4 Å². The number of nitrogens with zero attached hydrogens (tertiary/aromatic N) is 2. The number of amides is 1. The van der Waals surface area contributed by atoms with E-state index < -0.39 is 21.9 Å². The van der Waals surface area contributed by atoms with Crippen molar-refractivity contribution < 1.29 is 19.2 Å². The number of aromatic nitrogens is 3. The standard InChI is InChI=1S/C23H17N5O7/c29-20(24-14-6-8-18-19(9-14)35-12-34-18)11-27-10-13(15-3-1-2-4-17(15)27)5-7-16-21(28(32)33)22(30)26-23(31)25-16/h1-10H,11-12H2,(H,24,29)(H2,25,26,30,31). The fourth-order valence-corrected chi connectivity index (χ4v) is 3.84. The van der Waals surface area contributed by atoms with Crippen LogP contribution in [0.15, 0.2) is 58.3 Å². The van der Waals surface area contributed by atoms with Gasteiger partial charge in [0, 0.05) is 34.4 Å². The molecule has 12 nitrogen and oxygen atoms in total. The largest absolute Gasteiger partial charge is 0.454 e. The molecule has 3 N–H and O–H groups in total. The van der Waals surface area contributed by atoms with E-state index in [1.807, 2.05) is 29.2 Å². The molecule has 1 amide bonds. The number of hydrogen-bond acceptors (Lipinski definition) is 7. The van der Waals surface area contributed by atoms with Crippen LogP contribution in [0.1, 0.15) is 11.3 Å². The van der Waals surface area contributed by atoms with Crippen LogP contribution in [0.5, 0.6) is 11.5 Å². The molecule has 0 aliphatic carbocycles. The maximum absolute atomic E-state index is 12.7. The summed E-state index contributed by atoms with van der Waals surface area (Å²) in [6.07, 6.45) is 4.53. The van der Waals surface area contributed by atoms with Gasteiger partial charge in [-0.05, 0) is 24.3 Å². The topological polar surface area (TPSA) is 161 Å². The summed E-state index contributed by atoms with van der Waals surface area (Å²) in [4.78, 5) is 50.7. The second-order valence-electron chi connectivity index (χ2n) is 7.61. The van der Waals surface area contributed by atoms with E-state index in [-0.39, 0.29) is 24.9 Å². The van der Waals surface area contributed by atoms with Gasteiger partial charge in [0.15, 0.2) is 11.5 Å². The Morgan fingerprint density at radius 1 is 1.11 bits per heavy atom. The van der Waals surface area contributed by atoms with E-state index in [0.717, 1.165) is 10.9 Å². The second-order valence-corrected chi connectivity index (χ2v) is 7.61. The highest BCUT2D eigenvalue weighted by atomic mass is 16.7. The third-order valence-electron chi connectivity index (χ3n) is 5.35. The Morgan fingerprint density at radius 3 is 2.74 bits per heavy atom. The molecule has 0 unspecified atom stereocenters. The molecular weight excluding hydrogens is 458 g/mol. The van der Waals surface area contributed by atoms with Gasteiger partial charge in [-0.25, -0.2) is 4.79 Å². The van der Waals surface area contributed by atoms with Crippen molar-refractivity contribution in [2.45, 2.75) is 6.54 Å². The van der Waals surface area contributed by atoms with Crippen LogP contribution in [0.3, 0.4) is 0 Å². The third kappa shape index (κ3) is 4.27. The Balaban J connectivity index is 1.43. The first-order valence-corrected chi connectivity index (χ1v) is 10.4. The molecule has 35 heavy (non-hydrogen) atoms. The maximum atomic E-state index is 12.7. The van der Waals surface area contributed by atoms with Crippen LogP contribution in [0.25, 0.3) is 23.1 Å². The van der Waals surface area contributed by atoms with E-state index in [1.54, 1.807) is 29.0 Å².